The Bertz CT molecular complexity index is 848. The lowest BCUT2D eigenvalue weighted by molar-refractivity contribution is 0.0827. The first-order valence-corrected chi connectivity index (χ1v) is 8.87. The number of benzene rings is 2. The molecule has 140 valence electrons. The number of allylic oxidation sites excluding steroid dienone is 2. The van der Waals surface area contributed by atoms with Crippen molar-refractivity contribution in [3.05, 3.63) is 83.4 Å². The summed E-state index contributed by atoms with van der Waals surface area (Å²) in [6.07, 6.45) is 5.88. The fourth-order valence-corrected chi connectivity index (χ4v) is 2.61. The standard InChI is InChI=1S/C23H25NO3/c1-5-7-17-8-15-22(27-6-2)20(16-17)13-14-21(25)18-9-11-19(12-10-18)23(26)24(3)4/h5,8-16H,1,6-7H2,2-4H3. The summed E-state index contributed by atoms with van der Waals surface area (Å²) in [5, 5.41) is 0. The number of hydrogen-bond donors (Lipinski definition) is 0. The summed E-state index contributed by atoms with van der Waals surface area (Å²) in [7, 11) is 3.39. The van der Waals surface area contributed by atoms with Crippen molar-refractivity contribution in [2.24, 2.45) is 0 Å². The molecule has 0 aliphatic carbocycles. The molecule has 0 atom stereocenters. The van der Waals surface area contributed by atoms with Crippen LogP contribution in [0.15, 0.2) is 61.2 Å². The Labute approximate surface area is 160 Å². The maximum atomic E-state index is 12.5. The van der Waals surface area contributed by atoms with Gasteiger partial charge in [-0.25, -0.2) is 0 Å². The number of hydrogen-bond acceptors (Lipinski definition) is 3. The average molecular weight is 363 g/mol. The molecule has 2 rings (SSSR count). The van der Waals surface area contributed by atoms with E-state index < -0.39 is 0 Å². The molecule has 2 aromatic rings. The van der Waals surface area contributed by atoms with E-state index in [0.717, 1.165) is 23.3 Å². The van der Waals surface area contributed by atoms with Gasteiger partial charge in [0.2, 0.25) is 0 Å². The highest BCUT2D eigenvalue weighted by Gasteiger charge is 2.09. The van der Waals surface area contributed by atoms with Crippen LogP contribution in [0, 0.1) is 0 Å². The largest absolute Gasteiger partial charge is 0.493 e. The van der Waals surface area contributed by atoms with Gasteiger partial charge in [0.15, 0.2) is 5.78 Å². The molecule has 0 aliphatic heterocycles. The summed E-state index contributed by atoms with van der Waals surface area (Å²) < 4.78 is 5.64. The number of amides is 1. The molecule has 0 saturated carbocycles. The summed E-state index contributed by atoms with van der Waals surface area (Å²) in [4.78, 5) is 25.9. The van der Waals surface area contributed by atoms with Crippen LogP contribution in [-0.4, -0.2) is 37.3 Å². The second kappa shape index (κ2) is 9.53. The second-order valence-electron chi connectivity index (χ2n) is 6.27. The lowest BCUT2D eigenvalue weighted by atomic mass is 10.0. The van der Waals surface area contributed by atoms with E-state index in [-0.39, 0.29) is 11.7 Å². The van der Waals surface area contributed by atoms with E-state index >= 15 is 0 Å². The van der Waals surface area contributed by atoms with Crippen molar-refractivity contribution in [2.45, 2.75) is 13.3 Å². The third-order valence-electron chi connectivity index (χ3n) is 3.99. The van der Waals surface area contributed by atoms with Crippen LogP contribution in [0.3, 0.4) is 0 Å². The van der Waals surface area contributed by atoms with Crippen molar-refractivity contribution in [3.63, 3.8) is 0 Å². The van der Waals surface area contributed by atoms with Gasteiger partial charge in [-0.1, -0.05) is 24.3 Å². The second-order valence-corrected chi connectivity index (χ2v) is 6.27. The smallest absolute Gasteiger partial charge is 0.253 e. The summed E-state index contributed by atoms with van der Waals surface area (Å²) in [6.45, 7) is 6.23. The first-order valence-electron chi connectivity index (χ1n) is 8.87. The lowest BCUT2D eigenvalue weighted by Crippen LogP contribution is -2.21. The number of nitrogens with zero attached hydrogens (tertiary/aromatic N) is 1. The topological polar surface area (TPSA) is 46.6 Å². The number of carbonyl (C=O) groups is 2. The van der Waals surface area contributed by atoms with Gasteiger partial charge in [-0.3, -0.25) is 9.59 Å². The summed E-state index contributed by atoms with van der Waals surface area (Å²) in [5.41, 5.74) is 3.04. The Morgan fingerprint density at radius 2 is 1.74 bits per heavy atom. The highest BCUT2D eigenvalue weighted by molar-refractivity contribution is 6.07. The van der Waals surface area contributed by atoms with E-state index in [1.807, 2.05) is 31.2 Å². The van der Waals surface area contributed by atoms with E-state index in [2.05, 4.69) is 6.58 Å². The van der Waals surface area contributed by atoms with Crippen molar-refractivity contribution >= 4 is 17.8 Å². The fourth-order valence-electron chi connectivity index (χ4n) is 2.61. The van der Waals surface area contributed by atoms with Crippen LogP contribution in [-0.2, 0) is 6.42 Å². The third-order valence-corrected chi connectivity index (χ3v) is 3.99. The minimum absolute atomic E-state index is 0.0927. The number of ketones is 1. The molecule has 1 amide bonds. The van der Waals surface area contributed by atoms with E-state index in [9.17, 15) is 9.59 Å². The van der Waals surface area contributed by atoms with Gasteiger partial charge in [-0.15, -0.1) is 6.58 Å². The van der Waals surface area contributed by atoms with Gasteiger partial charge in [0.05, 0.1) is 6.61 Å². The Morgan fingerprint density at radius 1 is 1.07 bits per heavy atom. The van der Waals surface area contributed by atoms with Gasteiger partial charge >= 0.3 is 0 Å². The first kappa shape index (κ1) is 20.2. The molecule has 0 aromatic heterocycles. The molecule has 4 heteroatoms. The average Bonchev–Trinajstić information content (AvgIpc) is 2.67. The normalized spacial score (nSPS) is 10.6. The molecule has 0 bridgehead atoms. The third kappa shape index (κ3) is 5.42. The molecule has 0 aliphatic rings. The molecule has 0 unspecified atom stereocenters. The van der Waals surface area contributed by atoms with E-state index in [4.69, 9.17) is 4.74 Å². The highest BCUT2D eigenvalue weighted by Crippen LogP contribution is 2.23. The van der Waals surface area contributed by atoms with Gasteiger partial charge in [0.1, 0.15) is 5.75 Å². The number of carbonyl (C=O) groups excluding carboxylic acids is 2. The van der Waals surface area contributed by atoms with E-state index in [0.29, 0.717) is 17.7 Å². The monoisotopic (exact) mass is 363 g/mol. The zero-order chi connectivity index (χ0) is 19.8. The molecule has 2 aromatic carbocycles. The van der Waals surface area contributed by atoms with Crippen LogP contribution in [0.5, 0.6) is 5.75 Å². The van der Waals surface area contributed by atoms with E-state index in [1.165, 1.54) is 11.0 Å². The van der Waals surface area contributed by atoms with Crippen molar-refractivity contribution in [1.82, 2.24) is 4.90 Å². The molecule has 0 saturated heterocycles. The van der Waals surface area contributed by atoms with Crippen molar-refractivity contribution in [1.29, 1.82) is 0 Å². The molecule has 0 spiro atoms. The predicted octanol–water partition coefficient (Wildman–Crippen LogP) is 4.41. The predicted molar refractivity (Wildman–Crippen MR) is 109 cm³/mol. The Hall–Kier alpha value is -3.14. The zero-order valence-corrected chi connectivity index (χ0v) is 16.1. The van der Waals surface area contributed by atoms with Gasteiger partial charge in [0, 0.05) is 30.8 Å². The molecule has 0 heterocycles. The van der Waals surface area contributed by atoms with E-state index in [1.54, 1.807) is 44.4 Å². The van der Waals surface area contributed by atoms with Crippen LogP contribution in [0.2, 0.25) is 0 Å². The number of ether oxygens (including phenoxy) is 1. The molecule has 0 radical (unpaired) electrons. The molecular formula is C23H25NO3. The molecule has 0 N–H and O–H groups in total. The van der Waals surface area contributed by atoms with Gasteiger partial charge in [-0.2, -0.15) is 0 Å². The summed E-state index contributed by atoms with van der Waals surface area (Å²) in [5.74, 6) is 0.515. The van der Waals surface area contributed by atoms with Crippen LogP contribution in [0.1, 0.15) is 38.8 Å². The molecule has 27 heavy (non-hydrogen) atoms. The van der Waals surface area contributed by atoms with Crippen LogP contribution >= 0.6 is 0 Å². The minimum Gasteiger partial charge on any atom is -0.493 e. The molecule has 4 nitrogen and oxygen atoms in total. The minimum atomic E-state index is -0.129. The fraction of sp³-hybridized carbons (Fsp3) is 0.217. The highest BCUT2D eigenvalue weighted by atomic mass is 16.5. The molecule has 0 fully saturated rings. The Morgan fingerprint density at radius 3 is 2.33 bits per heavy atom. The SMILES string of the molecule is C=CCc1ccc(OCC)c(C=CC(=O)c2ccc(C(=O)N(C)C)cc2)c1. The number of rotatable bonds is 8. The quantitative estimate of drug-likeness (QED) is 0.396. The lowest BCUT2D eigenvalue weighted by Gasteiger charge is -2.10. The van der Waals surface area contributed by atoms with Crippen molar-refractivity contribution < 1.29 is 14.3 Å². The summed E-state index contributed by atoms with van der Waals surface area (Å²) >= 11 is 0. The Kier molecular flexibility index (Phi) is 7.12. The van der Waals surface area contributed by atoms with Crippen molar-refractivity contribution in [3.8, 4) is 5.75 Å². The Balaban J connectivity index is 2.21. The zero-order valence-electron chi connectivity index (χ0n) is 16.1. The van der Waals surface area contributed by atoms with Gasteiger partial charge < -0.3 is 9.64 Å². The van der Waals surface area contributed by atoms with Crippen LogP contribution in [0.25, 0.3) is 6.08 Å². The van der Waals surface area contributed by atoms with Gasteiger partial charge in [-0.05, 0) is 55.3 Å². The first-order chi connectivity index (χ1) is 13.0. The molecular weight excluding hydrogens is 338 g/mol. The van der Waals surface area contributed by atoms with Crippen LogP contribution in [0.4, 0.5) is 0 Å². The maximum Gasteiger partial charge on any atom is 0.253 e. The van der Waals surface area contributed by atoms with Crippen molar-refractivity contribution in [2.75, 3.05) is 20.7 Å². The maximum absolute atomic E-state index is 12.5. The summed E-state index contributed by atoms with van der Waals surface area (Å²) in [6, 6.07) is 12.6. The van der Waals surface area contributed by atoms with Gasteiger partial charge in [0.25, 0.3) is 5.91 Å². The van der Waals surface area contributed by atoms with Crippen LogP contribution < -0.4 is 4.74 Å².